The van der Waals surface area contributed by atoms with Gasteiger partial charge in [0.1, 0.15) is 0 Å². The second kappa shape index (κ2) is 8.61. The number of hydrogen-bond donors (Lipinski definition) is 1. The monoisotopic (exact) mass is 431 g/mol. The van der Waals surface area contributed by atoms with Gasteiger partial charge in [-0.2, -0.15) is 0 Å². The molecule has 2 heterocycles. The first kappa shape index (κ1) is 20.2. The molecular formula is C22H30BrN3O. The SMILES string of the molecule is CCN1CCC(N(Cc2c(C)cc(C)[nH]c2=O)c2cc(Br)ccc2C)CC1. The number of hydrogen-bond acceptors (Lipinski definition) is 3. The molecule has 0 spiro atoms. The van der Waals surface area contributed by atoms with Crippen molar-refractivity contribution in [3.63, 3.8) is 0 Å². The van der Waals surface area contributed by atoms with E-state index in [1.807, 2.05) is 13.8 Å². The maximum absolute atomic E-state index is 12.7. The molecule has 0 aliphatic carbocycles. The lowest BCUT2D eigenvalue weighted by Crippen LogP contribution is -2.45. The average Bonchev–Trinajstić information content (AvgIpc) is 2.64. The largest absolute Gasteiger partial charge is 0.364 e. The van der Waals surface area contributed by atoms with Crippen molar-refractivity contribution < 1.29 is 0 Å². The molecule has 0 saturated carbocycles. The average molecular weight is 432 g/mol. The molecule has 5 heteroatoms. The van der Waals surface area contributed by atoms with Crippen LogP contribution < -0.4 is 10.5 Å². The van der Waals surface area contributed by atoms with Crippen LogP contribution in [-0.4, -0.2) is 35.6 Å². The van der Waals surface area contributed by atoms with Crippen molar-refractivity contribution in [2.45, 2.75) is 53.1 Å². The molecular weight excluding hydrogens is 402 g/mol. The van der Waals surface area contributed by atoms with Gasteiger partial charge in [0.2, 0.25) is 0 Å². The normalized spacial score (nSPS) is 15.9. The molecule has 1 saturated heterocycles. The van der Waals surface area contributed by atoms with Crippen molar-refractivity contribution in [3.8, 4) is 0 Å². The Morgan fingerprint density at radius 2 is 1.85 bits per heavy atom. The maximum Gasteiger partial charge on any atom is 0.253 e. The quantitative estimate of drug-likeness (QED) is 0.754. The molecule has 3 rings (SSSR count). The molecule has 4 nitrogen and oxygen atoms in total. The van der Waals surface area contributed by atoms with E-state index in [1.54, 1.807) is 0 Å². The molecule has 0 bridgehead atoms. The summed E-state index contributed by atoms with van der Waals surface area (Å²) in [5.74, 6) is 0. The minimum Gasteiger partial charge on any atom is -0.364 e. The third kappa shape index (κ3) is 4.64. The minimum atomic E-state index is 0.0381. The van der Waals surface area contributed by atoms with Crippen LogP contribution in [0.2, 0.25) is 0 Å². The maximum atomic E-state index is 12.7. The van der Waals surface area contributed by atoms with Crippen LogP contribution in [0.1, 0.15) is 42.1 Å². The zero-order valence-electron chi connectivity index (χ0n) is 16.8. The second-order valence-corrected chi connectivity index (χ2v) is 8.58. The summed E-state index contributed by atoms with van der Waals surface area (Å²) in [5.41, 5.74) is 5.37. The van der Waals surface area contributed by atoms with E-state index < -0.39 is 0 Å². The number of rotatable bonds is 5. The van der Waals surface area contributed by atoms with Crippen molar-refractivity contribution >= 4 is 21.6 Å². The van der Waals surface area contributed by atoms with Crippen molar-refractivity contribution in [3.05, 3.63) is 61.5 Å². The fourth-order valence-electron chi connectivity index (χ4n) is 4.10. The Morgan fingerprint density at radius 3 is 2.48 bits per heavy atom. The van der Waals surface area contributed by atoms with Gasteiger partial charge in [0.05, 0.1) is 0 Å². The summed E-state index contributed by atoms with van der Waals surface area (Å²) >= 11 is 3.63. The van der Waals surface area contributed by atoms with E-state index >= 15 is 0 Å². The number of benzene rings is 1. The predicted octanol–water partition coefficient (Wildman–Crippen LogP) is 4.55. The summed E-state index contributed by atoms with van der Waals surface area (Å²) in [7, 11) is 0. The summed E-state index contributed by atoms with van der Waals surface area (Å²) < 4.78 is 1.08. The number of likely N-dealkylation sites (tertiary alicyclic amines) is 1. The Kier molecular flexibility index (Phi) is 6.43. The van der Waals surface area contributed by atoms with E-state index in [0.717, 1.165) is 53.8 Å². The van der Waals surface area contributed by atoms with Gasteiger partial charge >= 0.3 is 0 Å². The second-order valence-electron chi connectivity index (χ2n) is 7.67. The molecule has 1 aliphatic heterocycles. The first-order valence-electron chi connectivity index (χ1n) is 9.83. The van der Waals surface area contributed by atoms with Crippen LogP contribution in [0.25, 0.3) is 0 Å². The number of aromatic nitrogens is 1. The third-order valence-electron chi connectivity index (χ3n) is 5.75. The molecule has 146 valence electrons. The van der Waals surface area contributed by atoms with Crippen LogP contribution in [0, 0.1) is 20.8 Å². The predicted molar refractivity (Wildman–Crippen MR) is 117 cm³/mol. The van der Waals surface area contributed by atoms with Gasteiger partial charge in [0.25, 0.3) is 5.56 Å². The highest BCUT2D eigenvalue weighted by molar-refractivity contribution is 9.10. The van der Waals surface area contributed by atoms with Gasteiger partial charge in [0.15, 0.2) is 0 Å². The molecule has 0 unspecified atom stereocenters. The number of aryl methyl sites for hydroxylation is 3. The van der Waals surface area contributed by atoms with Gasteiger partial charge < -0.3 is 14.8 Å². The number of halogens is 1. The standard InChI is InChI=1S/C22H30BrN3O/c1-5-25-10-8-19(9-11-25)26(21-13-18(23)7-6-15(21)2)14-20-16(3)12-17(4)24-22(20)27/h6-7,12-13,19H,5,8-11,14H2,1-4H3,(H,24,27). The number of H-pyrrole nitrogens is 1. The molecule has 0 amide bonds. The van der Waals surface area contributed by atoms with Crippen LogP contribution >= 0.6 is 15.9 Å². The van der Waals surface area contributed by atoms with Gasteiger partial charge in [-0.15, -0.1) is 0 Å². The Labute approximate surface area is 170 Å². The van der Waals surface area contributed by atoms with E-state index in [1.165, 1.54) is 11.3 Å². The minimum absolute atomic E-state index is 0.0381. The Balaban J connectivity index is 1.98. The summed E-state index contributed by atoms with van der Waals surface area (Å²) in [6.45, 7) is 12.4. The van der Waals surface area contributed by atoms with E-state index in [9.17, 15) is 4.79 Å². The molecule has 1 aromatic carbocycles. The number of aromatic amines is 1. The highest BCUT2D eigenvalue weighted by Crippen LogP contribution is 2.31. The van der Waals surface area contributed by atoms with E-state index in [2.05, 4.69) is 68.8 Å². The van der Waals surface area contributed by atoms with Gasteiger partial charge in [0, 0.05) is 47.1 Å². The smallest absolute Gasteiger partial charge is 0.253 e. The van der Waals surface area contributed by atoms with Crippen molar-refractivity contribution in [1.82, 2.24) is 9.88 Å². The van der Waals surface area contributed by atoms with E-state index in [-0.39, 0.29) is 5.56 Å². The van der Waals surface area contributed by atoms with Crippen molar-refractivity contribution in [1.29, 1.82) is 0 Å². The number of anilines is 1. The first-order chi connectivity index (χ1) is 12.9. The summed E-state index contributed by atoms with van der Waals surface area (Å²) in [5, 5.41) is 0. The summed E-state index contributed by atoms with van der Waals surface area (Å²) in [6.07, 6.45) is 2.26. The summed E-state index contributed by atoms with van der Waals surface area (Å²) in [6, 6.07) is 8.95. The molecule has 0 radical (unpaired) electrons. The van der Waals surface area contributed by atoms with Crippen LogP contribution in [0.5, 0.6) is 0 Å². The molecule has 1 N–H and O–H groups in total. The number of nitrogens with one attached hydrogen (secondary N) is 1. The van der Waals surface area contributed by atoms with Crippen molar-refractivity contribution in [2.24, 2.45) is 0 Å². The van der Waals surface area contributed by atoms with Crippen LogP contribution in [0.4, 0.5) is 5.69 Å². The Bertz CT molecular complexity index is 853. The van der Waals surface area contributed by atoms with Gasteiger partial charge in [-0.25, -0.2) is 0 Å². The fraction of sp³-hybridized carbons (Fsp3) is 0.500. The fourth-order valence-corrected chi connectivity index (χ4v) is 4.45. The Morgan fingerprint density at radius 1 is 1.15 bits per heavy atom. The van der Waals surface area contributed by atoms with Crippen LogP contribution in [-0.2, 0) is 6.54 Å². The third-order valence-corrected chi connectivity index (χ3v) is 6.24. The summed E-state index contributed by atoms with van der Waals surface area (Å²) in [4.78, 5) is 20.6. The lowest BCUT2D eigenvalue weighted by Gasteiger charge is -2.40. The molecule has 0 atom stereocenters. The molecule has 1 fully saturated rings. The molecule has 27 heavy (non-hydrogen) atoms. The zero-order chi connectivity index (χ0) is 19.6. The van der Waals surface area contributed by atoms with Crippen LogP contribution in [0.3, 0.4) is 0 Å². The number of piperidine rings is 1. The molecule has 1 aromatic heterocycles. The van der Waals surface area contributed by atoms with Gasteiger partial charge in [-0.3, -0.25) is 4.79 Å². The molecule has 2 aromatic rings. The van der Waals surface area contributed by atoms with E-state index in [0.29, 0.717) is 12.6 Å². The first-order valence-corrected chi connectivity index (χ1v) is 10.6. The number of pyridine rings is 1. The highest BCUT2D eigenvalue weighted by Gasteiger charge is 2.26. The zero-order valence-corrected chi connectivity index (χ0v) is 18.4. The number of nitrogens with zero attached hydrogens (tertiary/aromatic N) is 2. The van der Waals surface area contributed by atoms with Gasteiger partial charge in [-0.1, -0.05) is 28.9 Å². The van der Waals surface area contributed by atoms with Crippen LogP contribution in [0.15, 0.2) is 33.5 Å². The Hall–Kier alpha value is -1.59. The van der Waals surface area contributed by atoms with Gasteiger partial charge in [-0.05, 0) is 69.5 Å². The van der Waals surface area contributed by atoms with E-state index in [4.69, 9.17) is 0 Å². The topological polar surface area (TPSA) is 39.3 Å². The molecule has 1 aliphatic rings. The lowest BCUT2D eigenvalue weighted by atomic mass is 9.99. The highest BCUT2D eigenvalue weighted by atomic mass is 79.9. The van der Waals surface area contributed by atoms with Crippen molar-refractivity contribution in [2.75, 3.05) is 24.5 Å². The lowest BCUT2D eigenvalue weighted by molar-refractivity contribution is 0.217.